The molecule has 4 nitrogen and oxygen atoms in total. The topological polar surface area (TPSA) is 63.2 Å². The third kappa shape index (κ3) is 1.12. The number of benzene rings is 1. The largest absolute Gasteiger partial charge is 0.335 e. The molecule has 0 bridgehead atoms. The first-order valence-corrected chi connectivity index (χ1v) is 4.00. The van der Waals surface area contributed by atoms with Crippen molar-refractivity contribution >= 4 is 18.0 Å². The van der Waals surface area contributed by atoms with E-state index in [9.17, 15) is 14.4 Å². The van der Waals surface area contributed by atoms with Crippen LogP contribution in [0.4, 0.5) is 0 Å². The van der Waals surface area contributed by atoms with E-state index in [1.807, 2.05) is 0 Å². The number of carbonyl (C=O) groups is 2. The van der Waals surface area contributed by atoms with Gasteiger partial charge in [0, 0.05) is 5.56 Å². The summed E-state index contributed by atoms with van der Waals surface area (Å²) in [4.78, 5) is 33.6. The lowest BCUT2D eigenvalue weighted by molar-refractivity contribution is 0.0855. The second kappa shape index (κ2) is 3.06. The maximum absolute atomic E-state index is 11.6. The van der Waals surface area contributed by atoms with Crippen LogP contribution in [0.15, 0.2) is 24.3 Å². The van der Waals surface area contributed by atoms with E-state index in [1.165, 1.54) is 18.4 Å². The summed E-state index contributed by atoms with van der Waals surface area (Å²) in [7, 11) is 0. The lowest BCUT2D eigenvalue weighted by Crippen LogP contribution is -2.47. The first-order chi connectivity index (χ1) is 7.16. The van der Waals surface area contributed by atoms with Gasteiger partial charge in [-0.2, -0.15) is 0 Å². The molecule has 0 aromatic heterocycles. The normalized spacial score (nSPS) is 21.6. The van der Waals surface area contributed by atoms with Gasteiger partial charge in [0.1, 0.15) is 0 Å². The van der Waals surface area contributed by atoms with Crippen molar-refractivity contribution in [2.24, 2.45) is 0 Å². The van der Waals surface area contributed by atoms with Crippen molar-refractivity contribution in [1.82, 2.24) is 5.31 Å². The number of carbonyl (C=O) groups excluding carboxylic acids is 3. The average Bonchev–Trinajstić information content (AvgIpc) is 2.27. The van der Waals surface area contributed by atoms with Crippen LogP contribution < -0.4 is 5.31 Å². The molecule has 1 aliphatic rings. The van der Waals surface area contributed by atoms with Gasteiger partial charge in [0.05, 0.1) is 5.56 Å². The average molecular weight is 189 g/mol. The molecule has 1 aliphatic heterocycles. The molecule has 1 aromatic rings. The van der Waals surface area contributed by atoms with Gasteiger partial charge in [-0.05, 0) is 6.07 Å². The van der Waals surface area contributed by atoms with Gasteiger partial charge in [0.15, 0.2) is 13.2 Å². The number of amides is 1. The van der Waals surface area contributed by atoms with Crippen LogP contribution in [-0.4, -0.2) is 24.0 Å². The molecule has 1 aromatic carbocycles. The second-order valence-corrected chi connectivity index (χ2v) is 2.86. The Labute approximate surface area is 81.4 Å². The number of fused-ring (bicyclic) bond motifs is 1. The third-order valence-corrected chi connectivity index (χ3v) is 2.03. The van der Waals surface area contributed by atoms with Crippen molar-refractivity contribution in [2.45, 2.75) is 6.04 Å². The minimum Gasteiger partial charge on any atom is -0.335 e. The highest BCUT2D eigenvalue weighted by atomic mass is 16.2. The maximum atomic E-state index is 11.6. The van der Waals surface area contributed by atoms with Gasteiger partial charge in [0.2, 0.25) is 6.29 Å². The Hall–Kier alpha value is -1.97. The number of hydrogen-bond donors (Lipinski definition) is 1. The Balaban J connectivity index is 2.62. The van der Waals surface area contributed by atoms with E-state index in [2.05, 4.69) is 0 Å². The Morgan fingerprint density at radius 3 is 2.57 bits per heavy atom. The quantitative estimate of drug-likeness (QED) is 0.637. The predicted octanol–water partition coefficient (Wildman–Crippen LogP) is 0.0910. The summed E-state index contributed by atoms with van der Waals surface area (Å²) < 4.78 is 7.30. The summed E-state index contributed by atoms with van der Waals surface area (Å²) in [5.41, 5.74) is 0.336. The van der Waals surface area contributed by atoms with Crippen LogP contribution in [0.2, 0.25) is 1.41 Å². The molecule has 1 atom stereocenters. The molecule has 0 aliphatic carbocycles. The molecule has 1 radical (unpaired) electrons. The zero-order valence-electron chi connectivity index (χ0n) is 8.06. The first kappa shape index (κ1) is 7.44. The molecule has 1 heterocycles. The van der Waals surface area contributed by atoms with Gasteiger partial charge in [-0.15, -0.1) is 0 Å². The lowest BCUT2D eigenvalue weighted by atomic mass is 9.95. The van der Waals surface area contributed by atoms with E-state index < -0.39 is 17.7 Å². The number of hydrogen-bond acceptors (Lipinski definition) is 3. The Morgan fingerprint density at radius 2 is 1.93 bits per heavy atom. The zero-order valence-corrected chi connectivity index (χ0v) is 7.06. The number of Topliss-reactive ketones (excluding diaryl/α,β-unsaturated/α-hetero) is 1. The summed E-state index contributed by atoms with van der Waals surface area (Å²) in [5, 5.41) is 0.359. The van der Waals surface area contributed by atoms with Crippen LogP contribution >= 0.6 is 0 Å². The summed E-state index contributed by atoms with van der Waals surface area (Å²) in [5.74, 6) is -1.21. The van der Waals surface area contributed by atoms with E-state index in [0.29, 0.717) is 5.31 Å². The van der Waals surface area contributed by atoms with Crippen LogP contribution in [-0.2, 0) is 4.79 Å². The highest BCUT2D eigenvalue weighted by Gasteiger charge is 2.31. The van der Waals surface area contributed by atoms with E-state index >= 15 is 0 Å². The molecule has 0 spiro atoms. The fraction of sp³-hybridized carbons (Fsp3) is 0.100. The second-order valence-electron chi connectivity index (χ2n) is 2.86. The SMILES string of the molecule is [2H]N1C(=O)c2ccccc2C(=O)[C@H]1[C]=O. The van der Waals surface area contributed by atoms with Gasteiger partial charge in [-0.3, -0.25) is 14.4 Å². The molecule has 1 N–H and O–H groups in total. The lowest BCUT2D eigenvalue weighted by Gasteiger charge is -2.19. The van der Waals surface area contributed by atoms with Crippen LogP contribution in [0.25, 0.3) is 0 Å². The predicted molar refractivity (Wildman–Crippen MR) is 47.7 cm³/mol. The minimum atomic E-state index is -1.44. The summed E-state index contributed by atoms with van der Waals surface area (Å²) in [6, 6.07) is 4.69. The molecule has 4 heteroatoms. The van der Waals surface area contributed by atoms with Crippen molar-refractivity contribution in [2.75, 3.05) is 0 Å². The summed E-state index contributed by atoms with van der Waals surface area (Å²) in [6.07, 6.45) is 1.39. The maximum Gasteiger partial charge on any atom is 0.252 e. The molecular weight excluding hydrogens is 182 g/mol. The van der Waals surface area contributed by atoms with E-state index in [-0.39, 0.29) is 11.1 Å². The van der Waals surface area contributed by atoms with E-state index in [1.54, 1.807) is 12.1 Å². The fourth-order valence-electron chi connectivity index (χ4n) is 1.36. The van der Waals surface area contributed by atoms with E-state index in [4.69, 9.17) is 1.41 Å². The Kier molecular flexibility index (Phi) is 1.63. The van der Waals surface area contributed by atoms with Crippen molar-refractivity contribution in [3.05, 3.63) is 35.4 Å². The Bertz CT molecular complexity index is 458. The van der Waals surface area contributed by atoms with Crippen LogP contribution in [0.3, 0.4) is 0 Å². The van der Waals surface area contributed by atoms with Gasteiger partial charge >= 0.3 is 0 Å². The first-order valence-electron chi connectivity index (χ1n) is 4.45. The molecule has 0 saturated carbocycles. The fourth-order valence-corrected chi connectivity index (χ4v) is 1.36. The van der Waals surface area contributed by atoms with Gasteiger partial charge in [-0.1, -0.05) is 18.2 Å². The van der Waals surface area contributed by atoms with Crippen molar-refractivity contribution in [3.63, 3.8) is 0 Å². The summed E-state index contributed by atoms with van der Waals surface area (Å²) in [6.45, 7) is 0. The van der Waals surface area contributed by atoms with Crippen molar-refractivity contribution in [3.8, 4) is 0 Å². The molecular formula is C10H6NO3. The molecule has 69 valence electrons. The standard InChI is InChI=1S/C10H6NO3/c12-5-8-9(13)6-3-1-2-4-7(6)10(14)11-8/h1-4,8H,(H,11,14)/t8-/m1/s1/i/hD. The van der Waals surface area contributed by atoms with E-state index in [0.717, 1.165) is 0 Å². The van der Waals surface area contributed by atoms with Gasteiger partial charge in [0.25, 0.3) is 5.91 Å². The van der Waals surface area contributed by atoms with Crippen molar-refractivity contribution < 1.29 is 15.8 Å². The minimum absolute atomic E-state index is 0.156. The monoisotopic (exact) mass is 189 g/mol. The zero-order chi connectivity index (χ0) is 11.0. The Morgan fingerprint density at radius 1 is 1.29 bits per heavy atom. The number of nitrogens with one attached hydrogen (secondary N) is 1. The highest BCUT2D eigenvalue weighted by molar-refractivity contribution is 6.20. The number of ketones is 1. The van der Waals surface area contributed by atoms with Gasteiger partial charge < -0.3 is 5.31 Å². The third-order valence-electron chi connectivity index (χ3n) is 2.03. The van der Waals surface area contributed by atoms with Crippen LogP contribution in [0, 0.1) is 0 Å². The summed E-state index contributed by atoms with van der Waals surface area (Å²) >= 11 is 0. The number of rotatable bonds is 1. The molecule has 0 saturated heterocycles. The van der Waals surface area contributed by atoms with Crippen LogP contribution in [0.5, 0.6) is 0 Å². The van der Waals surface area contributed by atoms with Gasteiger partial charge in [-0.25, -0.2) is 0 Å². The molecule has 0 fully saturated rings. The molecule has 2 rings (SSSR count). The smallest absolute Gasteiger partial charge is 0.252 e. The molecule has 14 heavy (non-hydrogen) atoms. The van der Waals surface area contributed by atoms with Crippen LogP contribution in [0.1, 0.15) is 20.7 Å². The molecule has 0 unspecified atom stereocenters. The highest BCUT2D eigenvalue weighted by Crippen LogP contribution is 2.15. The molecule has 1 amide bonds. The van der Waals surface area contributed by atoms with Crippen molar-refractivity contribution in [1.29, 1.82) is 0 Å².